The van der Waals surface area contributed by atoms with Crippen LogP contribution in [0.25, 0.3) is 11.1 Å². The van der Waals surface area contributed by atoms with Crippen LogP contribution >= 0.6 is 0 Å². The van der Waals surface area contributed by atoms with Gasteiger partial charge < -0.3 is 9.64 Å². The topological polar surface area (TPSA) is 54.5 Å². The molecule has 0 radical (unpaired) electrons. The van der Waals surface area contributed by atoms with Crippen LogP contribution < -0.4 is 5.32 Å². The van der Waals surface area contributed by atoms with Crippen LogP contribution in [0.4, 0.5) is 10.6 Å². The van der Waals surface area contributed by atoms with Crippen molar-refractivity contribution in [2.24, 2.45) is 0 Å². The van der Waals surface area contributed by atoms with Gasteiger partial charge in [-0.1, -0.05) is 30.3 Å². The number of nitrogens with zero attached hydrogens (tertiary/aromatic N) is 2. The van der Waals surface area contributed by atoms with Gasteiger partial charge >= 0.3 is 6.03 Å². The van der Waals surface area contributed by atoms with Crippen LogP contribution in [-0.4, -0.2) is 41.2 Å². The minimum atomic E-state index is -0.0647. The first-order chi connectivity index (χ1) is 11.7. The van der Waals surface area contributed by atoms with Crippen molar-refractivity contribution in [1.29, 1.82) is 0 Å². The van der Waals surface area contributed by atoms with Gasteiger partial charge in [0.05, 0.1) is 25.3 Å². The Bertz CT molecular complexity index is 732. The van der Waals surface area contributed by atoms with Crippen LogP contribution in [-0.2, 0) is 4.74 Å². The molecule has 2 aromatic rings. The van der Waals surface area contributed by atoms with Crippen molar-refractivity contribution in [1.82, 2.24) is 9.88 Å². The first-order valence-corrected chi connectivity index (χ1v) is 8.42. The van der Waals surface area contributed by atoms with E-state index in [2.05, 4.69) is 22.4 Å². The van der Waals surface area contributed by atoms with Crippen LogP contribution in [0.5, 0.6) is 0 Å². The van der Waals surface area contributed by atoms with Gasteiger partial charge in [-0.05, 0) is 37.5 Å². The molecule has 1 aromatic carbocycles. The third-order valence-corrected chi connectivity index (χ3v) is 4.88. The molecule has 2 bridgehead atoms. The number of hydrogen-bond acceptors (Lipinski definition) is 3. The molecule has 2 aliphatic rings. The molecule has 2 atom stereocenters. The van der Waals surface area contributed by atoms with Gasteiger partial charge in [-0.3, -0.25) is 5.32 Å². The predicted molar refractivity (Wildman–Crippen MR) is 92.9 cm³/mol. The van der Waals surface area contributed by atoms with Crippen molar-refractivity contribution in [3.05, 3.63) is 48.2 Å². The van der Waals surface area contributed by atoms with Crippen molar-refractivity contribution in [3.63, 3.8) is 0 Å². The van der Waals surface area contributed by atoms with Gasteiger partial charge in [-0.2, -0.15) is 0 Å². The number of aromatic nitrogens is 1. The number of morpholine rings is 1. The van der Waals surface area contributed by atoms with Crippen molar-refractivity contribution in [3.8, 4) is 11.1 Å². The fraction of sp³-hybridized carbons (Fsp3) is 0.368. The van der Waals surface area contributed by atoms with Crippen LogP contribution in [0.3, 0.4) is 0 Å². The summed E-state index contributed by atoms with van der Waals surface area (Å²) in [5.74, 6) is 0.600. The molecule has 24 heavy (non-hydrogen) atoms. The molecule has 1 aromatic heterocycles. The second kappa shape index (κ2) is 6.24. The summed E-state index contributed by atoms with van der Waals surface area (Å²) in [7, 11) is 0. The number of hydrogen-bond donors (Lipinski definition) is 1. The Morgan fingerprint density at radius 3 is 2.50 bits per heavy atom. The summed E-state index contributed by atoms with van der Waals surface area (Å²) in [5, 5.41) is 2.95. The number of benzene rings is 1. The fourth-order valence-electron chi connectivity index (χ4n) is 3.69. The summed E-state index contributed by atoms with van der Waals surface area (Å²) in [6, 6.07) is 14.4. The van der Waals surface area contributed by atoms with Gasteiger partial charge in [-0.25, -0.2) is 9.78 Å². The monoisotopic (exact) mass is 323 g/mol. The van der Waals surface area contributed by atoms with E-state index in [1.807, 2.05) is 42.2 Å². The summed E-state index contributed by atoms with van der Waals surface area (Å²) >= 11 is 0. The van der Waals surface area contributed by atoms with Gasteiger partial charge in [-0.15, -0.1) is 0 Å². The number of amides is 2. The molecule has 5 nitrogen and oxygen atoms in total. The number of rotatable bonds is 2. The number of anilines is 1. The Balaban J connectivity index is 1.51. The zero-order chi connectivity index (χ0) is 16.5. The fourth-order valence-corrected chi connectivity index (χ4v) is 3.69. The van der Waals surface area contributed by atoms with E-state index in [1.54, 1.807) is 0 Å². The van der Waals surface area contributed by atoms with Gasteiger partial charge in [0.2, 0.25) is 0 Å². The summed E-state index contributed by atoms with van der Waals surface area (Å²) in [6.45, 7) is 3.25. The van der Waals surface area contributed by atoms with Gasteiger partial charge in [0, 0.05) is 11.3 Å². The molecule has 2 aliphatic heterocycles. The zero-order valence-corrected chi connectivity index (χ0v) is 13.7. The van der Waals surface area contributed by atoms with E-state index in [0.717, 1.165) is 29.7 Å². The highest BCUT2D eigenvalue weighted by Gasteiger charge is 2.40. The van der Waals surface area contributed by atoms with E-state index < -0.39 is 0 Å². The third kappa shape index (κ3) is 2.76. The van der Waals surface area contributed by atoms with Crippen LogP contribution in [0, 0.1) is 6.92 Å². The smallest absolute Gasteiger partial charge is 0.323 e. The first-order valence-electron chi connectivity index (χ1n) is 8.42. The van der Waals surface area contributed by atoms with E-state index in [1.165, 1.54) is 0 Å². The SMILES string of the molecule is Cc1nc(NC(=O)N2C3CCC2COC3)ccc1-c1ccccc1. The summed E-state index contributed by atoms with van der Waals surface area (Å²) in [4.78, 5) is 19.1. The molecule has 2 unspecified atom stereocenters. The van der Waals surface area contributed by atoms with E-state index in [4.69, 9.17) is 4.74 Å². The maximum Gasteiger partial charge on any atom is 0.323 e. The molecule has 2 amide bonds. The Kier molecular flexibility index (Phi) is 3.94. The average molecular weight is 323 g/mol. The number of pyridine rings is 1. The van der Waals surface area contributed by atoms with Crippen LogP contribution in [0.1, 0.15) is 18.5 Å². The number of carbonyl (C=O) groups excluding carboxylic acids is 1. The number of nitrogens with one attached hydrogen (secondary N) is 1. The maximum atomic E-state index is 12.6. The molecule has 5 heteroatoms. The molecule has 2 saturated heterocycles. The van der Waals surface area contributed by atoms with Gasteiger partial charge in [0.25, 0.3) is 0 Å². The third-order valence-electron chi connectivity index (χ3n) is 4.88. The lowest BCUT2D eigenvalue weighted by molar-refractivity contribution is 0.00947. The normalized spacial score (nSPS) is 22.5. The predicted octanol–water partition coefficient (Wildman–Crippen LogP) is 3.45. The van der Waals surface area contributed by atoms with Gasteiger partial charge in [0.1, 0.15) is 5.82 Å². The number of ether oxygens (including phenoxy) is 1. The van der Waals surface area contributed by atoms with Crippen molar-refractivity contribution < 1.29 is 9.53 Å². The van der Waals surface area contributed by atoms with Gasteiger partial charge in [0.15, 0.2) is 0 Å². The minimum Gasteiger partial charge on any atom is -0.377 e. The molecular formula is C19H21N3O2. The van der Waals surface area contributed by atoms with Crippen LogP contribution in [0.15, 0.2) is 42.5 Å². The Morgan fingerprint density at radius 2 is 1.83 bits per heavy atom. The number of carbonyl (C=O) groups is 1. The second-order valence-corrected chi connectivity index (χ2v) is 6.46. The molecule has 4 rings (SSSR count). The molecular weight excluding hydrogens is 302 g/mol. The Hall–Kier alpha value is -2.40. The van der Waals surface area contributed by atoms with E-state index in [0.29, 0.717) is 19.0 Å². The summed E-state index contributed by atoms with van der Waals surface area (Å²) in [6.07, 6.45) is 2.05. The number of aryl methyl sites for hydroxylation is 1. The molecule has 3 heterocycles. The highest BCUT2D eigenvalue weighted by molar-refractivity contribution is 5.89. The van der Waals surface area contributed by atoms with E-state index >= 15 is 0 Å². The van der Waals surface area contributed by atoms with Crippen LogP contribution in [0.2, 0.25) is 0 Å². The molecule has 2 fully saturated rings. The van der Waals surface area contributed by atoms with Crippen molar-refractivity contribution in [2.75, 3.05) is 18.5 Å². The number of urea groups is 1. The number of fused-ring (bicyclic) bond motifs is 2. The highest BCUT2D eigenvalue weighted by Crippen LogP contribution is 2.29. The van der Waals surface area contributed by atoms with E-state index in [9.17, 15) is 4.79 Å². The standard InChI is InChI=1S/C19H21N3O2/c1-13-17(14-5-3-2-4-6-14)9-10-18(20-13)21-19(23)22-15-7-8-16(22)12-24-11-15/h2-6,9-10,15-16H,7-8,11-12H2,1H3,(H,20,21,23). The van der Waals surface area contributed by atoms with Crippen molar-refractivity contribution in [2.45, 2.75) is 31.8 Å². The average Bonchev–Trinajstić information content (AvgIpc) is 2.85. The lowest BCUT2D eigenvalue weighted by Gasteiger charge is -2.34. The lowest BCUT2D eigenvalue weighted by atomic mass is 10.0. The molecule has 124 valence electrons. The molecule has 0 aliphatic carbocycles. The lowest BCUT2D eigenvalue weighted by Crippen LogP contribution is -2.50. The molecule has 1 N–H and O–H groups in total. The molecule has 0 spiro atoms. The minimum absolute atomic E-state index is 0.0647. The van der Waals surface area contributed by atoms with Crippen molar-refractivity contribution >= 4 is 11.8 Å². The second-order valence-electron chi connectivity index (χ2n) is 6.46. The van der Waals surface area contributed by atoms with E-state index in [-0.39, 0.29) is 18.1 Å². The first kappa shape index (κ1) is 15.1. The highest BCUT2D eigenvalue weighted by atomic mass is 16.5. The zero-order valence-electron chi connectivity index (χ0n) is 13.7. The molecule has 0 saturated carbocycles. The summed E-state index contributed by atoms with van der Waals surface area (Å²) in [5.41, 5.74) is 3.12. The summed E-state index contributed by atoms with van der Waals surface area (Å²) < 4.78 is 5.53. The Morgan fingerprint density at radius 1 is 1.12 bits per heavy atom. The Labute approximate surface area is 141 Å². The quantitative estimate of drug-likeness (QED) is 0.921. The maximum absolute atomic E-state index is 12.6. The largest absolute Gasteiger partial charge is 0.377 e.